The molecule has 3 rings (SSSR count). The van der Waals surface area contributed by atoms with Crippen molar-refractivity contribution in [2.75, 3.05) is 16.8 Å². The largest absolute Gasteiger partial charge is 0.452 e. The Bertz CT molecular complexity index is 1000. The zero-order valence-electron chi connectivity index (χ0n) is 15.4. The normalized spacial score (nSPS) is 14.0. The topological polar surface area (TPSA) is 92.8 Å². The van der Waals surface area contributed by atoms with Gasteiger partial charge < -0.3 is 10.1 Å². The smallest absolute Gasteiger partial charge is 0.418 e. The molecule has 1 N–H and O–H groups in total. The Balaban J connectivity index is 1.64. The minimum Gasteiger partial charge on any atom is -0.452 e. The van der Waals surface area contributed by atoms with Gasteiger partial charge >= 0.3 is 12.1 Å². The standard InChI is InChI=1S/C20H15F3N2O5/c21-20(22,23)14-6-1-2-7-15(14)24-16(26)11-30-19(29)12-4-3-5-13(10-12)25-17(27)8-9-18(25)28/h1-7,10H,8-9,11H2,(H,24,26). The Labute approximate surface area is 168 Å². The number of carbonyl (C=O) groups excluding carboxylic acids is 4. The minimum atomic E-state index is -4.66. The molecule has 0 radical (unpaired) electrons. The average Bonchev–Trinajstić information content (AvgIpc) is 3.04. The van der Waals surface area contributed by atoms with Crippen molar-refractivity contribution in [3.05, 3.63) is 59.7 Å². The Morgan fingerprint density at radius 3 is 2.33 bits per heavy atom. The molecular weight excluding hydrogens is 405 g/mol. The molecule has 2 aromatic rings. The van der Waals surface area contributed by atoms with Crippen LogP contribution in [0.2, 0.25) is 0 Å². The lowest BCUT2D eigenvalue weighted by molar-refractivity contribution is -0.137. The lowest BCUT2D eigenvalue weighted by atomic mass is 10.1. The number of hydrogen-bond donors (Lipinski definition) is 1. The maximum atomic E-state index is 13.0. The first kappa shape index (κ1) is 21.0. The third kappa shape index (κ3) is 4.65. The van der Waals surface area contributed by atoms with Crippen molar-refractivity contribution >= 4 is 35.1 Å². The lowest BCUT2D eigenvalue weighted by Gasteiger charge is -2.15. The fraction of sp³-hybridized carbons (Fsp3) is 0.200. The van der Waals surface area contributed by atoms with Crippen molar-refractivity contribution in [1.29, 1.82) is 0 Å². The molecule has 0 aromatic heterocycles. The van der Waals surface area contributed by atoms with E-state index in [2.05, 4.69) is 5.32 Å². The summed E-state index contributed by atoms with van der Waals surface area (Å²) >= 11 is 0. The summed E-state index contributed by atoms with van der Waals surface area (Å²) in [7, 11) is 0. The molecule has 1 fully saturated rings. The quantitative estimate of drug-likeness (QED) is 0.593. The van der Waals surface area contributed by atoms with Crippen LogP contribution in [0.5, 0.6) is 0 Å². The molecule has 0 unspecified atom stereocenters. The summed E-state index contributed by atoms with van der Waals surface area (Å²) in [6.07, 6.45) is -4.51. The minimum absolute atomic E-state index is 0.0245. The summed E-state index contributed by atoms with van der Waals surface area (Å²) in [6, 6.07) is 9.92. The highest BCUT2D eigenvalue weighted by Gasteiger charge is 2.34. The molecule has 30 heavy (non-hydrogen) atoms. The van der Waals surface area contributed by atoms with E-state index in [1.807, 2.05) is 0 Å². The van der Waals surface area contributed by atoms with Crippen LogP contribution in [0.4, 0.5) is 24.5 Å². The molecule has 0 atom stereocenters. The average molecular weight is 420 g/mol. The van der Waals surface area contributed by atoms with Crippen LogP contribution in [0.3, 0.4) is 0 Å². The number of halogens is 3. The van der Waals surface area contributed by atoms with E-state index >= 15 is 0 Å². The van der Waals surface area contributed by atoms with Crippen molar-refractivity contribution in [2.45, 2.75) is 19.0 Å². The Morgan fingerprint density at radius 2 is 1.67 bits per heavy atom. The van der Waals surface area contributed by atoms with Gasteiger partial charge in [-0.25, -0.2) is 4.79 Å². The van der Waals surface area contributed by atoms with Crippen molar-refractivity contribution in [3.8, 4) is 0 Å². The number of para-hydroxylation sites is 1. The van der Waals surface area contributed by atoms with Crippen LogP contribution in [0.15, 0.2) is 48.5 Å². The van der Waals surface area contributed by atoms with Gasteiger partial charge in [-0.2, -0.15) is 13.2 Å². The molecule has 0 saturated carbocycles. The zero-order valence-corrected chi connectivity index (χ0v) is 15.4. The number of nitrogens with one attached hydrogen (secondary N) is 1. The van der Waals surface area contributed by atoms with Gasteiger partial charge in [0.2, 0.25) is 11.8 Å². The first-order chi connectivity index (χ1) is 14.2. The summed E-state index contributed by atoms with van der Waals surface area (Å²) in [5.74, 6) is -2.68. The summed E-state index contributed by atoms with van der Waals surface area (Å²) in [5.41, 5.74) is -1.32. The van der Waals surface area contributed by atoms with Gasteiger partial charge in [-0.15, -0.1) is 0 Å². The van der Waals surface area contributed by atoms with Gasteiger partial charge in [-0.1, -0.05) is 18.2 Å². The SMILES string of the molecule is O=C(COC(=O)c1cccc(N2C(=O)CCC2=O)c1)Nc1ccccc1C(F)(F)F. The number of nitrogens with zero attached hydrogens (tertiary/aromatic N) is 1. The van der Waals surface area contributed by atoms with Crippen LogP contribution in [0.25, 0.3) is 0 Å². The number of amides is 3. The molecular formula is C20H15F3N2O5. The Hall–Kier alpha value is -3.69. The third-order valence-electron chi connectivity index (χ3n) is 4.23. The van der Waals surface area contributed by atoms with E-state index in [0.717, 1.165) is 17.0 Å². The molecule has 7 nitrogen and oxygen atoms in total. The fourth-order valence-electron chi connectivity index (χ4n) is 2.88. The highest BCUT2D eigenvalue weighted by Crippen LogP contribution is 2.34. The molecule has 3 amide bonds. The van der Waals surface area contributed by atoms with Crippen molar-refractivity contribution in [2.24, 2.45) is 0 Å². The Morgan fingerprint density at radius 1 is 1.00 bits per heavy atom. The molecule has 0 spiro atoms. The van der Waals surface area contributed by atoms with Crippen LogP contribution >= 0.6 is 0 Å². The molecule has 1 aliphatic heterocycles. The zero-order chi connectivity index (χ0) is 21.9. The van der Waals surface area contributed by atoms with E-state index in [-0.39, 0.29) is 24.1 Å². The molecule has 156 valence electrons. The number of ether oxygens (including phenoxy) is 1. The summed E-state index contributed by atoms with van der Waals surface area (Å²) in [4.78, 5) is 48.7. The van der Waals surface area contributed by atoms with Gasteiger partial charge in [0, 0.05) is 12.8 Å². The molecule has 1 saturated heterocycles. The number of anilines is 2. The van der Waals surface area contributed by atoms with E-state index in [1.54, 1.807) is 0 Å². The van der Waals surface area contributed by atoms with Gasteiger partial charge in [0.25, 0.3) is 5.91 Å². The van der Waals surface area contributed by atoms with Gasteiger partial charge in [-0.3, -0.25) is 19.3 Å². The highest BCUT2D eigenvalue weighted by molar-refractivity contribution is 6.20. The monoisotopic (exact) mass is 420 g/mol. The number of alkyl halides is 3. The lowest BCUT2D eigenvalue weighted by Crippen LogP contribution is -2.28. The number of hydrogen-bond acceptors (Lipinski definition) is 5. The maximum absolute atomic E-state index is 13.0. The highest BCUT2D eigenvalue weighted by atomic mass is 19.4. The number of imide groups is 1. The summed E-state index contributed by atoms with van der Waals surface area (Å²) < 4.78 is 43.7. The third-order valence-corrected chi connectivity index (χ3v) is 4.23. The number of benzene rings is 2. The molecule has 2 aromatic carbocycles. The second-order valence-electron chi connectivity index (χ2n) is 6.34. The van der Waals surface area contributed by atoms with Gasteiger partial charge in [0.1, 0.15) is 0 Å². The van der Waals surface area contributed by atoms with E-state index in [1.165, 1.54) is 36.4 Å². The molecule has 10 heteroatoms. The number of rotatable bonds is 5. The number of carbonyl (C=O) groups is 4. The summed E-state index contributed by atoms with van der Waals surface area (Å²) in [5, 5.41) is 2.06. The van der Waals surface area contributed by atoms with Crippen molar-refractivity contribution in [3.63, 3.8) is 0 Å². The number of esters is 1. The van der Waals surface area contributed by atoms with Crippen LogP contribution in [-0.2, 0) is 25.3 Å². The predicted octanol–water partition coefficient (Wildman–Crippen LogP) is 3.15. The van der Waals surface area contributed by atoms with Gasteiger partial charge in [-0.05, 0) is 30.3 Å². The van der Waals surface area contributed by atoms with Crippen LogP contribution in [0.1, 0.15) is 28.8 Å². The second-order valence-corrected chi connectivity index (χ2v) is 6.34. The molecule has 1 aliphatic rings. The molecule has 0 bridgehead atoms. The maximum Gasteiger partial charge on any atom is 0.418 e. The van der Waals surface area contributed by atoms with Crippen LogP contribution < -0.4 is 10.2 Å². The first-order valence-electron chi connectivity index (χ1n) is 8.76. The van der Waals surface area contributed by atoms with Crippen molar-refractivity contribution in [1.82, 2.24) is 0 Å². The van der Waals surface area contributed by atoms with E-state index in [9.17, 15) is 32.3 Å². The van der Waals surface area contributed by atoms with Gasteiger partial charge in [0.05, 0.1) is 22.5 Å². The van der Waals surface area contributed by atoms with E-state index in [4.69, 9.17) is 4.74 Å². The van der Waals surface area contributed by atoms with Gasteiger partial charge in [0.15, 0.2) is 6.61 Å². The van der Waals surface area contributed by atoms with E-state index < -0.39 is 47.7 Å². The van der Waals surface area contributed by atoms with Crippen LogP contribution in [0, 0.1) is 0 Å². The Kier molecular flexibility index (Phi) is 5.86. The van der Waals surface area contributed by atoms with Crippen LogP contribution in [-0.4, -0.2) is 30.3 Å². The molecule has 1 heterocycles. The fourth-order valence-corrected chi connectivity index (χ4v) is 2.88. The second kappa shape index (κ2) is 8.36. The van der Waals surface area contributed by atoms with Crippen molar-refractivity contribution < 1.29 is 37.1 Å². The van der Waals surface area contributed by atoms with E-state index in [0.29, 0.717) is 0 Å². The first-order valence-corrected chi connectivity index (χ1v) is 8.76. The predicted molar refractivity (Wildman–Crippen MR) is 98.5 cm³/mol. The molecule has 0 aliphatic carbocycles. The summed E-state index contributed by atoms with van der Waals surface area (Å²) in [6.45, 7) is -0.823.